The van der Waals surface area contributed by atoms with Crippen LogP contribution in [0.1, 0.15) is 37.3 Å². The van der Waals surface area contributed by atoms with Crippen molar-refractivity contribution in [1.29, 1.82) is 0 Å². The predicted molar refractivity (Wildman–Crippen MR) is 60.1 cm³/mol. The average molecular weight is 243 g/mol. The highest BCUT2D eigenvalue weighted by Crippen LogP contribution is 2.35. The van der Waals surface area contributed by atoms with Gasteiger partial charge in [-0.2, -0.15) is 0 Å². The standard InChI is InChI=1S/C13H16F3N/c1-17-11(7-8-3-2-4-8)9-5-6-10(14)13(16)12(9)15/h5-6,8,11,17H,2-4,7H2,1H3. The van der Waals surface area contributed by atoms with Crippen LogP contribution in [0.25, 0.3) is 0 Å². The van der Waals surface area contributed by atoms with E-state index in [-0.39, 0.29) is 11.6 Å². The van der Waals surface area contributed by atoms with Crippen LogP contribution in [0, 0.1) is 23.4 Å². The van der Waals surface area contributed by atoms with Gasteiger partial charge < -0.3 is 5.32 Å². The molecule has 0 amide bonds. The van der Waals surface area contributed by atoms with Crippen molar-refractivity contribution in [2.45, 2.75) is 31.7 Å². The van der Waals surface area contributed by atoms with Gasteiger partial charge in [-0.3, -0.25) is 0 Å². The zero-order valence-electron chi connectivity index (χ0n) is 9.77. The summed E-state index contributed by atoms with van der Waals surface area (Å²) in [4.78, 5) is 0. The number of hydrogen-bond acceptors (Lipinski definition) is 1. The molecule has 94 valence electrons. The van der Waals surface area contributed by atoms with Gasteiger partial charge in [-0.05, 0) is 25.5 Å². The quantitative estimate of drug-likeness (QED) is 0.797. The van der Waals surface area contributed by atoms with Gasteiger partial charge in [0.15, 0.2) is 17.5 Å². The summed E-state index contributed by atoms with van der Waals surface area (Å²) in [5, 5.41) is 2.98. The van der Waals surface area contributed by atoms with Crippen LogP contribution in [-0.2, 0) is 0 Å². The van der Waals surface area contributed by atoms with E-state index in [1.165, 1.54) is 12.5 Å². The van der Waals surface area contributed by atoms with E-state index >= 15 is 0 Å². The lowest BCUT2D eigenvalue weighted by atomic mass is 9.79. The molecule has 1 N–H and O–H groups in total. The minimum absolute atomic E-state index is 0.221. The normalized spacial score (nSPS) is 17.9. The van der Waals surface area contributed by atoms with Crippen molar-refractivity contribution in [2.75, 3.05) is 7.05 Å². The molecule has 0 heterocycles. The van der Waals surface area contributed by atoms with E-state index in [9.17, 15) is 13.2 Å². The molecule has 1 atom stereocenters. The summed E-state index contributed by atoms with van der Waals surface area (Å²) < 4.78 is 39.6. The highest BCUT2D eigenvalue weighted by atomic mass is 19.2. The van der Waals surface area contributed by atoms with Crippen LogP contribution in [0.15, 0.2) is 12.1 Å². The van der Waals surface area contributed by atoms with Gasteiger partial charge in [-0.25, -0.2) is 13.2 Å². The Morgan fingerprint density at radius 1 is 1.24 bits per heavy atom. The Kier molecular flexibility index (Phi) is 3.72. The van der Waals surface area contributed by atoms with Gasteiger partial charge in [-0.15, -0.1) is 0 Å². The monoisotopic (exact) mass is 243 g/mol. The zero-order chi connectivity index (χ0) is 12.4. The molecule has 1 aromatic rings. The van der Waals surface area contributed by atoms with E-state index in [0.717, 1.165) is 25.3 Å². The SMILES string of the molecule is CNC(CC1CCC1)c1ccc(F)c(F)c1F. The van der Waals surface area contributed by atoms with E-state index in [1.54, 1.807) is 7.05 Å². The van der Waals surface area contributed by atoms with E-state index in [0.29, 0.717) is 5.92 Å². The van der Waals surface area contributed by atoms with Crippen molar-refractivity contribution < 1.29 is 13.2 Å². The average Bonchev–Trinajstić information content (AvgIpc) is 2.27. The first-order valence-corrected chi connectivity index (χ1v) is 5.94. The van der Waals surface area contributed by atoms with Crippen molar-refractivity contribution in [1.82, 2.24) is 5.32 Å². The van der Waals surface area contributed by atoms with Crippen LogP contribution in [0.4, 0.5) is 13.2 Å². The lowest BCUT2D eigenvalue weighted by molar-refractivity contribution is 0.262. The Balaban J connectivity index is 2.20. The highest BCUT2D eigenvalue weighted by Gasteiger charge is 2.25. The van der Waals surface area contributed by atoms with Crippen LogP contribution in [-0.4, -0.2) is 7.05 Å². The number of hydrogen-bond donors (Lipinski definition) is 1. The molecule has 1 aliphatic carbocycles. The molecule has 1 fully saturated rings. The molecular weight excluding hydrogens is 227 g/mol. The van der Waals surface area contributed by atoms with Crippen LogP contribution in [0.5, 0.6) is 0 Å². The second kappa shape index (κ2) is 5.08. The third kappa shape index (κ3) is 2.46. The Morgan fingerprint density at radius 2 is 1.94 bits per heavy atom. The Labute approximate surface area is 99.0 Å². The van der Waals surface area contributed by atoms with Gasteiger partial charge in [0, 0.05) is 11.6 Å². The molecule has 0 aromatic heterocycles. The minimum atomic E-state index is -1.38. The molecule has 1 saturated carbocycles. The Bertz CT molecular complexity index is 402. The van der Waals surface area contributed by atoms with Crippen LogP contribution in [0.3, 0.4) is 0 Å². The molecule has 17 heavy (non-hydrogen) atoms. The molecule has 1 nitrogen and oxygen atoms in total. The van der Waals surface area contributed by atoms with E-state index in [2.05, 4.69) is 5.32 Å². The molecule has 4 heteroatoms. The van der Waals surface area contributed by atoms with Crippen LogP contribution in [0.2, 0.25) is 0 Å². The van der Waals surface area contributed by atoms with Crippen molar-refractivity contribution in [3.63, 3.8) is 0 Å². The van der Waals surface area contributed by atoms with Gasteiger partial charge in [0.2, 0.25) is 0 Å². The number of nitrogens with one attached hydrogen (secondary N) is 1. The van der Waals surface area contributed by atoms with Crippen LogP contribution >= 0.6 is 0 Å². The lowest BCUT2D eigenvalue weighted by Crippen LogP contribution is -2.24. The maximum atomic E-state index is 13.6. The summed E-state index contributed by atoms with van der Waals surface area (Å²) in [5.74, 6) is -3.01. The van der Waals surface area contributed by atoms with Crippen molar-refractivity contribution in [3.8, 4) is 0 Å². The van der Waals surface area contributed by atoms with Gasteiger partial charge >= 0.3 is 0 Å². The molecule has 0 radical (unpaired) electrons. The maximum Gasteiger partial charge on any atom is 0.194 e. The third-order valence-corrected chi connectivity index (χ3v) is 3.58. The fourth-order valence-electron chi connectivity index (χ4n) is 2.27. The van der Waals surface area contributed by atoms with Crippen molar-refractivity contribution in [3.05, 3.63) is 35.1 Å². The number of benzene rings is 1. The van der Waals surface area contributed by atoms with Crippen molar-refractivity contribution in [2.24, 2.45) is 5.92 Å². The molecule has 0 aliphatic heterocycles. The van der Waals surface area contributed by atoms with E-state index < -0.39 is 17.5 Å². The summed E-state index contributed by atoms with van der Waals surface area (Å²) in [6.45, 7) is 0. The second-order valence-corrected chi connectivity index (χ2v) is 4.64. The van der Waals surface area contributed by atoms with E-state index in [4.69, 9.17) is 0 Å². The molecule has 1 aliphatic rings. The molecule has 0 bridgehead atoms. The fraction of sp³-hybridized carbons (Fsp3) is 0.538. The van der Waals surface area contributed by atoms with Crippen LogP contribution < -0.4 is 5.32 Å². The highest BCUT2D eigenvalue weighted by molar-refractivity contribution is 5.23. The molecular formula is C13H16F3N. The smallest absolute Gasteiger partial charge is 0.194 e. The predicted octanol–water partition coefficient (Wildman–Crippen LogP) is 3.55. The number of rotatable bonds is 4. The zero-order valence-corrected chi connectivity index (χ0v) is 9.77. The molecule has 2 rings (SSSR count). The summed E-state index contributed by atoms with van der Waals surface area (Å²) >= 11 is 0. The first-order chi connectivity index (χ1) is 8.13. The Hall–Kier alpha value is -1.03. The van der Waals surface area contributed by atoms with Gasteiger partial charge in [0.05, 0.1) is 0 Å². The lowest BCUT2D eigenvalue weighted by Gasteiger charge is -2.30. The summed E-state index contributed by atoms with van der Waals surface area (Å²) in [6, 6.07) is 2.07. The first kappa shape index (κ1) is 12.4. The minimum Gasteiger partial charge on any atom is -0.313 e. The third-order valence-electron chi connectivity index (χ3n) is 3.58. The summed E-state index contributed by atoms with van der Waals surface area (Å²) in [6.07, 6.45) is 4.27. The summed E-state index contributed by atoms with van der Waals surface area (Å²) in [5.41, 5.74) is 0.221. The van der Waals surface area contributed by atoms with E-state index in [1.807, 2.05) is 0 Å². The first-order valence-electron chi connectivity index (χ1n) is 5.94. The Morgan fingerprint density at radius 3 is 2.47 bits per heavy atom. The van der Waals surface area contributed by atoms with Gasteiger partial charge in [-0.1, -0.05) is 25.3 Å². The molecule has 0 saturated heterocycles. The topological polar surface area (TPSA) is 12.0 Å². The van der Waals surface area contributed by atoms with Crippen molar-refractivity contribution >= 4 is 0 Å². The second-order valence-electron chi connectivity index (χ2n) is 4.64. The summed E-state index contributed by atoms with van der Waals surface area (Å²) in [7, 11) is 1.71. The maximum absolute atomic E-state index is 13.6. The molecule has 1 unspecified atom stereocenters. The molecule has 1 aromatic carbocycles. The molecule has 0 spiro atoms. The van der Waals surface area contributed by atoms with Gasteiger partial charge in [0.1, 0.15) is 0 Å². The fourth-order valence-corrected chi connectivity index (χ4v) is 2.27. The largest absolute Gasteiger partial charge is 0.313 e. The van der Waals surface area contributed by atoms with Gasteiger partial charge in [0.25, 0.3) is 0 Å². The number of halogens is 3.